The van der Waals surface area contributed by atoms with Crippen LogP contribution in [-0.4, -0.2) is 49.1 Å². The maximum atomic E-state index is 12.7. The highest BCUT2D eigenvalue weighted by atomic mass is 16.2. The highest BCUT2D eigenvalue weighted by Crippen LogP contribution is 2.12. The number of carbonyl (C=O) groups is 2. The van der Waals surface area contributed by atoms with Crippen molar-refractivity contribution in [1.82, 2.24) is 20.9 Å². The lowest BCUT2D eigenvalue weighted by Gasteiger charge is -2.30. The molecule has 132 valence electrons. The SMILES string of the molecule is CC(C)C(NC(=O)NCc1ccccc1)C(=O)N(C)C1CCNC1. The molecule has 1 aromatic carbocycles. The zero-order valence-corrected chi connectivity index (χ0v) is 14.7. The molecule has 1 aliphatic rings. The fraction of sp³-hybridized carbons (Fsp3) is 0.556. The van der Waals surface area contributed by atoms with Crippen LogP contribution in [0.1, 0.15) is 25.8 Å². The number of rotatable bonds is 6. The van der Waals surface area contributed by atoms with Gasteiger partial charge < -0.3 is 20.9 Å². The van der Waals surface area contributed by atoms with E-state index in [9.17, 15) is 9.59 Å². The Hall–Kier alpha value is -2.08. The van der Waals surface area contributed by atoms with E-state index in [1.807, 2.05) is 51.2 Å². The van der Waals surface area contributed by atoms with Gasteiger partial charge in [-0.2, -0.15) is 0 Å². The van der Waals surface area contributed by atoms with Gasteiger partial charge in [0.25, 0.3) is 0 Å². The molecule has 0 aliphatic carbocycles. The van der Waals surface area contributed by atoms with Crippen LogP contribution in [-0.2, 0) is 11.3 Å². The highest BCUT2D eigenvalue weighted by molar-refractivity contribution is 5.87. The first-order valence-electron chi connectivity index (χ1n) is 8.54. The molecule has 2 rings (SSSR count). The number of likely N-dealkylation sites (N-methyl/N-ethyl adjacent to an activating group) is 1. The molecule has 2 atom stereocenters. The zero-order chi connectivity index (χ0) is 17.5. The summed E-state index contributed by atoms with van der Waals surface area (Å²) >= 11 is 0. The molecule has 3 N–H and O–H groups in total. The van der Waals surface area contributed by atoms with E-state index < -0.39 is 6.04 Å². The van der Waals surface area contributed by atoms with Crippen LogP contribution in [0.3, 0.4) is 0 Å². The van der Waals surface area contributed by atoms with Crippen molar-refractivity contribution in [2.24, 2.45) is 5.92 Å². The lowest BCUT2D eigenvalue weighted by Crippen LogP contribution is -2.54. The molecule has 1 heterocycles. The number of hydrogen-bond acceptors (Lipinski definition) is 3. The van der Waals surface area contributed by atoms with Gasteiger partial charge in [0, 0.05) is 26.2 Å². The van der Waals surface area contributed by atoms with Crippen LogP contribution in [0.4, 0.5) is 4.79 Å². The second-order valence-corrected chi connectivity index (χ2v) is 6.63. The summed E-state index contributed by atoms with van der Waals surface area (Å²) < 4.78 is 0. The van der Waals surface area contributed by atoms with Gasteiger partial charge in [-0.3, -0.25) is 4.79 Å². The molecule has 0 saturated carbocycles. The molecule has 1 aliphatic heterocycles. The van der Waals surface area contributed by atoms with Gasteiger partial charge in [-0.1, -0.05) is 44.2 Å². The van der Waals surface area contributed by atoms with Crippen LogP contribution < -0.4 is 16.0 Å². The number of benzene rings is 1. The Morgan fingerprint density at radius 3 is 2.58 bits per heavy atom. The van der Waals surface area contributed by atoms with Gasteiger partial charge in [-0.25, -0.2) is 4.79 Å². The molecule has 6 heteroatoms. The van der Waals surface area contributed by atoms with Crippen LogP contribution >= 0.6 is 0 Å². The molecule has 1 fully saturated rings. The first-order chi connectivity index (χ1) is 11.5. The molecule has 2 unspecified atom stereocenters. The van der Waals surface area contributed by atoms with Gasteiger partial charge in [0.2, 0.25) is 5.91 Å². The molecule has 24 heavy (non-hydrogen) atoms. The number of hydrogen-bond donors (Lipinski definition) is 3. The summed E-state index contributed by atoms with van der Waals surface area (Å²) in [5.41, 5.74) is 1.02. The predicted molar refractivity (Wildman–Crippen MR) is 94.5 cm³/mol. The lowest BCUT2D eigenvalue weighted by atomic mass is 10.0. The standard InChI is InChI=1S/C18H28N4O2/c1-13(2)16(17(23)22(3)15-9-10-19-12-15)21-18(24)20-11-14-7-5-4-6-8-14/h4-8,13,15-16,19H,9-12H2,1-3H3,(H2,20,21,24). The van der Waals surface area contributed by atoms with Crippen molar-refractivity contribution in [1.29, 1.82) is 0 Å². The van der Waals surface area contributed by atoms with E-state index in [-0.39, 0.29) is 23.9 Å². The summed E-state index contributed by atoms with van der Waals surface area (Å²) in [4.78, 5) is 26.7. The summed E-state index contributed by atoms with van der Waals surface area (Å²) in [6, 6.07) is 9.06. The Balaban J connectivity index is 1.89. The van der Waals surface area contributed by atoms with Crippen molar-refractivity contribution in [3.05, 3.63) is 35.9 Å². The van der Waals surface area contributed by atoms with Crippen molar-refractivity contribution in [2.45, 2.75) is 38.9 Å². The van der Waals surface area contributed by atoms with E-state index in [1.54, 1.807) is 4.90 Å². The molecular weight excluding hydrogens is 304 g/mol. The van der Waals surface area contributed by atoms with E-state index in [1.165, 1.54) is 0 Å². The van der Waals surface area contributed by atoms with E-state index in [0.29, 0.717) is 6.54 Å². The van der Waals surface area contributed by atoms with Crippen molar-refractivity contribution in [3.63, 3.8) is 0 Å². The van der Waals surface area contributed by atoms with E-state index in [4.69, 9.17) is 0 Å². The van der Waals surface area contributed by atoms with E-state index in [2.05, 4.69) is 16.0 Å². The molecule has 0 bridgehead atoms. The third kappa shape index (κ3) is 4.96. The minimum atomic E-state index is -0.522. The minimum absolute atomic E-state index is 0.0248. The summed E-state index contributed by atoms with van der Waals surface area (Å²) in [6.07, 6.45) is 0.952. The lowest BCUT2D eigenvalue weighted by molar-refractivity contribution is -0.134. The average Bonchev–Trinajstić information content (AvgIpc) is 3.11. The molecule has 3 amide bonds. The van der Waals surface area contributed by atoms with Crippen molar-refractivity contribution < 1.29 is 9.59 Å². The first-order valence-corrected chi connectivity index (χ1v) is 8.54. The highest BCUT2D eigenvalue weighted by Gasteiger charge is 2.31. The fourth-order valence-corrected chi connectivity index (χ4v) is 2.85. The van der Waals surface area contributed by atoms with Gasteiger partial charge in [0.05, 0.1) is 0 Å². The average molecular weight is 332 g/mol. The maximum Gasteiger partial charge on any atom is 0.315 e. The minimum Gasteiger partial charge on any atom is -0.340 e. The van der Waals surface area contributed by atoms with Crippen LogP contribution in [0, 0.1) is 5.92 Å². The van der Waals surface area contributed by atoms with Crippen molar-refractivity contribution in [3.8, 4) is 0 Å². The Morgan fingerprint density at radius 1 is 1.29 bits per heavy atom. The Morgan fingerprint density at radius 2 is 2.00 bits per heavy atom. The number of urea groups is 1. The molecule has 0 aromatic heterocycles. The van der Waals surface area contributed by atoms with Crippen LogP contribution in [0.15, 0.2) is 30.3 Å². The number of carbonyl (C=O) groups excluding carboxylic acids is 2. The van der Waals surface area contributed by atoms with Crippen molar-refractivity contribution in [2.75, 3.05) is 20.1 Å². The molecule has 6 nitrogen and oxygen atoms in total. The van der Waals surface area contributed by atoms with Gasteiger partial charge in [0.1, 0.15) is 6.04 Å². The maximum absolute atomic E-state index is 12.7. The number of nitrogens with one attached hydrogen (secondary N) is 3. The number of nitrogens with zero attached hydrogens (tertiary/aromatic N) is 1. The monoisotopic (exact) mass is 332 g/mol. The Bertz CT molecular complexity index is 541. The Labute approximate surface area is 144 Å². The third-order valence-electron chi connectivity index (χ3n) is 4.44. The van der Waals surface area contributed by atoms with E-state index >= 15 is 0 Å². The predicted octanol–water partition coefficient (Wildman–Crippen LogP) is 1.33. The van der Waals surface area contributed by atoms with Crippen molar-refractivity contribution >= 4 is 11.9 Å². The van der Waals surface area contributed by atoms with Gasteiger partial charge in [-0.15, -0.1) is 0 Å². The largest absolute Gasteiger partial charge is 0.340 e. The van der Waals surface area contributed by atoms with E-state index in [0.717, 1.165) is 25.1 Å². The normalized spacial score (nSPS) is 18.2. The summed E-state index contributed by atoms with van der Waals surface area (Å²) in [6.45, 7) is 6.07. The van der Waals surface area contributed by atoms with Gasteiger partial charge in [-0.05, 0) is 24.4 Å². The smallest absolute Gasteiger partial charge is 0.315 e. The fourth-order valence-electron chi connectivity index (χ4n) is 2.85. The van der Waals surface area contributed by atoms with Crippen LogP contribution in [0.25, 0.3) is 0 Å². The Kier molecular flexibility index (Phi) is 6.61. The second-order valence-electron chi connectivity index (χ2n) is 6.63. The summed E-state index contributed by atoms with van der Waals surface area (Å²) in [7, 11) is 1.82. The number of amides is 3. The molecule has 0 radical (unpaired) electrons. The molecular formula is C18H28N4O2. The molecule has 1 aromatic rings. The molecule has 0 spiro atoms. The van der Waals surface area contributed by atoms with Gasteiger partial charge >= 0.3 is 6.03 Å². The topological polar surface area (TPSA) is 73.5 Å². The van der Waals surface area contributed by atoms with Crippen LogP contribution in [0.5, 0.6) is 0 Å². The van der Waals surface area contributed by atoms with Gasteiger partial charge in [0.15, 0.2) is 0 Å². The second kappa shape index (κ2) is 8.68. The first kappa shape index (κ1) is 18.3. The summed E-state index contributed by atoms with van der Waals surface area (Å²) in [5, 5.41) is 8.91. The zero-order valence-electron chi connectivity index (χ0n) is 14.7. The van der Waals surface area contributed by atoms with Crippen LogP contribution in [0.2, 0.25) is 0 Å². The quantitative estimate of drug-likeness (QED) is 0.736. The summed E-state index contributed by atoms with van der Waals surface area (Å²) in [5.74, 6) is -0.00894. The third-order valence-corrected chi connectivity index (χ3v) is 4.44. The molecule has 1 saturated heterocycles.